The van der Waals surface area contributed by atoms with Crippen LogP contribution in [-0.2, 0) is 17.9 Å². The van der Waals surface area contributed by atoms with E-state index in [0.717, 1.165) is 34.0 Å². The molecule has 0 aliphatic carbocycles. The van der Waals surface area contributed by atoms with Crippen LogP contribution in [0.3, 0.4) is 0 Å². The van der Waals surface area contributed by atoms with E-state index in [1.165, 1.54) is 0 Å². The second kappa shape index (κ2) is 13.1. The molecular weight excluding hydrogens is 490 g/mol. The average Bonchev–Trinajstić information content (AvgIpc) is 3.27. The molecule has 0 fully saturated rings. The molecule has 0 saturated carbocycles. The van der Waals surface area contributed by atoms with Crippen molar-refractivity contribution in [2.45, 2.75) is 40.3 Å². The van der Waals surface area contributed by atoms with Crippen LogP contribution in [0.1, 0.15) is 58.6 Å². The van der Waals surface area contributed by atoms with Crippen LogP contribution in [-0.4, -0.2) is 27.3 Å². The molecule has 39 heavy (non-hydrogen) atoms. The van der Waals surface area contributed by atoms with E-state index < -0.39 is 5.97 Å². The lowest BCUT2D eigenvalue weighted by molar-refractivity contribution is 0.0461. The van der Waals surface area contributed by atoms with E-state index in [2.05, 4.69) is 0 Å². The lowest BCUT2D eigenvalue weighted by Crippen LogP contribution is -2.15. The summed E-state index contributed by atoms with van der Waals surface area (Å²) in [6, 6.07) is 22.3. The van der Waals surface area contributed by atoms with Gasteiger partial charge in [0.25, 0.3) is 0 Å². The predicted octanol–water partition coefficient (Wildman–Crippen LogP) is 5.78. The van der Waals surface area contributed by atoms with E-state index in [4.69, 9.17) is 32.1 Å². The third-order valence-electron chi connectivity index (χ3n) is 6.06. The number of carbonyl (C=O) groups excluding carboxylic acids is 1. The van der Waals surface area contributed by atoms with Gasteiger partial charge >= 0.3 is 5.97 Å². The SMILES string of the molecule is CCC=C(C)O.Cc1cccc2c1cc(C(=O)OCc1cccc(C(=N)N)c1)n2Cc1cccc(C(=N)N)c1. The maximum atomic E-state index is 13.1. The van der Waals surface area contributed by atoms with Gasteiger partial charge in [0.2, 0.25) is 0 Å². The van der Waals surface area contributed by atoms with Crippen LogP contribution in [0.5, 0.6) is 0 Å². The molecular formula is C31H35N5O3. The topological polar surface area (TPSA) is 151 Å². The normalized spacial score (nSPS) is 11.0. The van der Waals surface area contributed by atoms with E-state index in [1.807, 2.05) is 66.9 Å². The summed E-state index contributed by atoms with van der Waals surface area (Å²) in [6.07, 6.45) is 2.68. The molecule has 0 saturated heterocycles. The minimum Gasteiger partial charge on any atom is -0.513 e. The van der Waals surface area contributed by atoms with Crippen LogP contribution in [0.4, 0.5) is 0 Å². The van der Waals surface area contributed by atoms with Gasteiger partial charge in [0.05, 0.1) is 5.76 Å². The second-order valence-corrected chi connectivity index (χ2v) is 9.18. The molecule has 3 aromatic carbocycles. The van der Waals surface area contributed by atoms with Crippen LogP contribution in [0.15, 0.2) is 84.6 Å². The summed E-state index contributed by atoms with van der Waals surface area (Å²) in [4.78, 5) is 13.1. The van der Waals surface area contributed by atoms with E-state index in [1.54, 1.807) is 37.3 Å². The number of nitrogens with two attached hydrogens (primary N) is 2. The molecule has 8 heteroatoms. The lowest BCUT2D eigenvalue weighted by Gasteiger charge is -2.12. The fourth-order valence-electron chi connectivity index (χ4n) is 4.14. The Morgan fingerprint density at radius 2 is 1.54 bits per heavy atom. The highest BCUT2D eigenvalue weighted by Gasteiger charge is 2.19. The lowest BCUT2D eigenvalue weighted by atomic mass is 10.1. The van der Waals surface area contributed by atoms with Crippen molar-refractivity contribution in [2.24, 2.45) is 11.5 Å². The maximum Gasteiger partial charge on any atom is 0.355 e. The van der Waals surface area contributed by atoms with Crippen LogP contribution in [0.2, 0.25) is 0 Å². The molecule has 4 aromatic rings. The summed E-state index contributed by atoms with van der Waals surface area (Å²) in [7, 11) is 0. The highest BCUT2D eigenvalue weighted by atomic mass is 16.5. The van der Waals surface area contributed by atoms with Crippen LogP contribution in [0, 0.1) is 17.7 Å². The van der Waals surface area contributed by atoms with Crippen LogP contribution >= 0.6 is 0 Å². The number of amidine groups is 2. The first-order valence-corrected chi connectivity index (χ1v) is 12.6. The number of hydrogen-bond acceptors (Lipinski definition) is 5. The monoisotopic (exact) mass is 525 g/mol. The number of nitrogens with zero attached hydrogens (tertiary/aromatic N) is 1. The summed E-state index contributed by atoms with van der Waals surface area (Å²) >= 11 is 0. The van der Waals surface area contributed by atoms with E-state index in [9.17, 15) is 4.79 Å². The Morgan fingerprint density at radius 1 is 0.949 bits per heavy atom. The number of aromatic nitrogens is 1. The van der Waals surface area contributed by atoms with Crippen LogP contribution < -0.4 is 11.5 Å². The molecule has 8 nitrogen and oxygen atoms in total. The Balaban J connectivity index is 0.000000631. The average molecular weight is 526 g/mol. The quantitative estimate of drug-likeness (QED) is 0.0854. The fraction of sp³-hybridized carbons (Fsp3) is 0.194. The summed E-state index contributed by atoms with van der Waals surface area (Å²) in [5.74, 6) is -0.0666. The minimum atomic E-state index is -0.443. The minimum absolute atomic E-state index is 0.00233. The third kappa shape index (κ3) is 7.58. The Kier molecular flexibility index (Phi) is 9.64. The number of nitrogen functional groups attached to an aromatic ring is 2. The zero-order valence-electron chi connectivity index (χ0n) is 22.5. The number of nitrogens with one attached hydrogen (secondary N) is 2. The van der Waals surface area contributed by atoms with Gasteiger partial charge in [-0.05, 0) is 67.3 Å². The first-order valence-electron chi connectivity index (χ1n) is 12.6. The number of hydrogen-bond donors (Lipinski definition) is 5. The van der Waals surface area contributed by atoms with Gasteiger partial charge < -0.3 is 25.9 Å². The third-order valence-corrected chi connectivity index (χ3v) is 6.06. The number of benzene rings is 3. The standard InChI is InChI=1S/C26H25N5O2.C5H10O/c1-16-5-2-10-22-21(16)13-23(31(22)14-17-6-3-8-19(11-17)24(27)28)26(32)33-15-18-7-4-9-20(12-18)25(29)30;1-3-4-5(2)6/h2-13H,14-15H2,1H3,(H3,27,28)(H3,29,30);4,6H,3H2,1-2H3. The molecule has 7 N–H and O–H groups in total. The zero-order chi connectivity index (χ0) is 28.5. The van der Waals surface area contributed by atoms with Gasteiger partial charge in [-0.2, -0.15) is 0 Å². The van der Waals surface area contributed by atoms with Crippen molar-refractivity contribution in [2.75, 3.05) is 0 Å². The molecule has 0 bridgehead atoms. The molecule has 202 valence electrons. The summed E-state index contributed by atoms with van der Waals surface area (Å²) in [6.45, 7) is 6.16. The van der Waals surface area contributed by atoms with Crippen molar-refractivity contribution < 1.29 is 14.6 Å². The van der Waals surface area contributed by atoms with Crippen molar-refractivity contribution in [1.29, 1.82) is 10.8 Å². The predicted molar refractivity (Wildman–Crippen MR) is 156 cm³/mol. The molecule has 1 heterocycles. The van der Waals surface area contributed by atoms with Gasteiger partial charge in [-0.25, -0.2) is 4.79 Å². The first kappa shape index (κ1) is 28.7. The van der Waals surface area contributed by atoms with Crippen molar-refractivity contribution in [1.82, 2.24) is 4.57 Å². The number of aliphatic hydroxyl groups is 1. The van der Waals surface area contributed by atoms with Gasteiger partial charge in [0.1, 0.15) is 24.0 Å². The number of ether oxygens (including phenoxy) is 1. The van der Waals surface area contributed by atoms with Crippen molar-refractivity contribution in [3.05, 3.63) is 118 Å². The van der Waals surface area contributed by atoms with E-state index >= 15 is 0 Å². The number of esters is 1. The van der Waals surface area contributed by atoms with E-state index in [-0.39, 0.29) is 18.3 Å². The maximum absolute atomic E-state index is 13.1. The number of fused-ring (bicyclic) bond motifs is 1. The highest BCUT2D eigenvalue weighted by Crippen LogP contribution is 2.25. The molecule has 0 atom stereocenters. The zero-order valence-corrected chi connectivity index (χ0v) is 22.5. The number of aliphatic hydroxyl groups excluding tert-OH is 1. The Bertz CT molecular complexity index is 1530. The molecule has 0 aliphatic heterocycles. The summed E-state index contributed by atoms with van der Waals surface area (Å²) < 4.78 is 7.56. The molecule has 4 rings (SSSR count). The van der Waals surface area contributed by atoms with Gasteiger partial charge in [-0.3, -0.25) is 10.8 Å². The van der Waals surface area contributed by atoms with E-state index in [0.29, 0.717) is 29.1 Å². The van der Waals surface area contributed by atoms with Gasteiger partial charge in [0.15, 0.2) is 0 Å². The molecule has 0 spiro atoms. The molecule has 0 radical (unpaired) electrons. The molecule has 0 unspecified atom stereocenters. The van der Waals surface area contributed by atoms with Crippen molar-refractivity contribution >= 4 is 28.5 Å². The molecule has 0 aliphatic rings. The summed E-state index contributed by atoms with van der Waals surface area (Å²) in [5.41, 5.74) is 16.5. The Labute approximate surface area is 228 Å². The van der Waals surface area contributed by atoms with Crippen LogP contribution in [0.25, 0.3) is 10.9 Å². The highest BCUT2D eigenvalue weighted by molar-refractivity contribution is 5.97. The van der Waals surface area contributed by atoms with Gasteiger partial charge in [-0.15, -0.1) is 0 Å². The second-order valence-electron chi connectivity index (χ2n) is 9.18. The molecule has 0 amide bonds. The van der Waals surface area contributed by atoms with Crippen molar-refractivity contribution in [3.8, 4) is 0 Å². The number of rotatable bonds is 8. The Hall–Kier alpha value is -4.85. The molecule has 1 aromatic heterocycles. The largest absolute Gasteiger partial charge is 0.513 e. The first-order chi connectivity index (χ1) is 18.6. The Morgan fingerprint density at radius 3 is 2.10 bits per heavy atom. The number of aryl methyl sites for hydroxylation is 1. The summed E-state index contributed by atoms with van der Waals surface area (Å²) in [5, 5.41) is 24.7. The van der Waals surface area contributed by atoms with Gasteiger partial charge in [0, 0.05) is 28.6 Å². The van der Waals surface area contributed by atoms with Gasteiger partial charge in [-0.1, -0.05) is 55.5 Å². The number of carbonyl (C=O) groups is 1. The smallest absolute Gasteiger partial charge is 0.355 e. The fourth-order valence-corrected chi connectivity index (χ4v) is 4.14. The van der Waals surface area contributed by atoms with Crippen molar-refractivity contribution in [3.63, 3.8) is 0 Å². The number of allylic oxidation sites excluding steroid dienone is 2.